The van der Waals surface area contributed by atoms with Gasteiger partial charge in [-0.15, -0.1) is 0 Å². The summed E-state index contributed by atoms with van der Waals surface area (Å²) in [4.78, 5) is 23.9. The van der Waals surface area contributed by atoms with E-state index in [4.69, 9.17) is 4.74 Å². The first-order valence-electron chi connectivity index (χ1n) is 12.3. The Hall–Kier alpha value is -2.84. The summed E-state index contributed by atoms with van der Waals surface area (Å²) in [6.45, 7) is 15.1. The van der Waals surface area contributed by atoms with Crippen molar-refractivity contribution in [3.8, 4) is 0 Å². The van der Waals surface area contributed by atoms with E-state index in [9.17, 15) is 4.79 Å². The van der Waals surface area contributed by atoms with Crippen LogP contribution in [0.25, 0.3) is 11.0 Å². The highest BCUT2D eigenvalue weighted by Gasteiger charge is 2.23. The van der Waals surface area contributed by atoms with Gasteiger partial charge in [0.25, 0.3) is 5.56 Å². The molecular weight excluding hydrogens is 445 g/mol. The first-order valence-corrected chi connectivity index (χ1v) is 12.3. The molecule has 0 spiro atoms. The normalized spacial score (nSPS) is 20.2. The highest BCUT2D eigenvalue weighted by atomic mass is 19.1. The largest absolute Gasteiger partial charge is 0.373 e. The number of nitrogens with one attached hydrogen (secondary N) is 1. The van der Waals surface area contributed by atoms with Gasteiger partial charge in [0, 0.05) is 49.4 Å². The number of hydrogen-bond donors (Lipinski definition) is 1. The first-order chi connectivity index (χ1) is 16.5. The predicted molar refractivity (Wildman–Crippen MR) is 137 cm³/mol. The average molecular weight is 482 g/mol. The van der Waals surface area contributed by atoms with Gasteiger partial charge < -0.3 is 10.1 Å². The van der Waals surface area contributed by atoms with Gasteiger partial charge in [0.1, 0.15) is 11.5 Å². The van der Waals surface area contributed by atoms with Crippen molar-refractivity contribution in [1.29, 1.82) is 0 Å². The monoisotopic (exact) mass is 481 g/mol. The van der Waals surface area contributed by atoms with Gasteiger partial charge in [-0.05, 0) is 43.9 Å². The molecule has 1 aromatic carbocycles. The van der Waals surface area contributed by atoms with E-state index in [1.807, 2.05) is 19.1 Å². The van der Waals surface area contributed by atoms with Crippen molar-refractivity contribution in [2.75, 3.05) is 18.4 Å². The zero-order chi connectivity index (χ0) is 25.3. The van der Waals surface area contributed by atoms with E-state index in [1.165, 1.54) is 0 Å². The first kappa shape index (κ1) is 25.3. The Kier molecular flexibility index (Phi) is 7.24. The summed E-state index contributed by atoms with van der Waals surface area (Å²) < 4.78 is 22.6. The second kappa shape index (κ2) is 10.0. The Morgan fingerprint density at radius 2 is 1.89 bits per heavy atom. The lowest BCUT2D eigenvalue weighted by Crippen LogP contribution is -2.44. The maximum absolute atomic E-state index is 15.1. The fourth-order valence-corrected chi connectivity index (χ4v) is 4.73. The molecule has 188 valence electrons. The Morgan fingerprint density at radius 3 is 2.54 bits per heavy atom. The molecule has 3 heterocycles. The number of ether oxygens (including phenoxy) is 1. The van der Waals surface area contributed by atoms with Gasteiger partial charge in [-0.3, -0.25) is 14.3 Å². The number of rotatable bonds is 6. The van der Waals surface area contributed by atoms with Crippen LogP contribution in [-0.2, 0) is 17.8 Å². The molecule has 0 radical (unpaired) electrons. The van der Waals surface area contributed by atoms with Crippen molar-refractivity contribution in [2.45, 2.75) is 72.9 Å². The fraction of sp³-hybridized carbons (Fsp3) is 0.519. The van der Waals surface area contributed by atoms with Crippen LogP contribution >= 0.6 is 0 Å². The van der Waals surface area contributed by atoms with Gasteiger partial charge in [0.15, 0.2) is 0 Å². The molecule has 0 amide bonds. The number of nitrogens with zero attached hydrogens (tertiary/aromatic N) is 4. The third-order valence-electron chi connectivity index (χ3n) is 6.13. The summed E-state index contributed by atoms with van der Waals surface area (Å²) in [5.74, 6) is 0.0975. The Balaban J connectivity index is 1.52. The Bertz CT molecular complexity index is 1240. The molecule has 3 aromatic rings. The molecule has 0 saturated carbocycles. The number of fused-ring (bicyclic) bond motifs is 1. The summed E-state index contributed by atoms with van der Waals surface area (Å²) in [6, 6.07) is 8.34. The Morgan fingerprint density at radius 1 is 1.17 bits per heavy atom. The molecule has 1 saturated heterocycles. The van der Waals surface area contributed by atoms with Crippen LogP contribution in [0, 0.1) is 11.2 Å². The van der Waals surface area contributed by atoms with Gasteiger partial charge in [-0.25, -0.2) is 9.37 Å². The van der Waals surface area contributed by atoms with E-state index in [2.05, 4.69) is 54.8 Å². The van der Waals surface area contributed by atoms with Gasteiger partial charge in [-0.2, -0.15) is 4.98 Å². The number of pyridine rings is 1. The summed E-state index contributed by atoms with van der Waals surface area (Å²) in [5, 5.41) is 3.99. The highest BCUT2D eigenvalue weighted by molar-refractivity contribution is 5.75. The van der Waals surface area contributed by atoms with Crippen molar-refractivity contribution >= 4 is 17.0 Å². The third kappa shape index (κ3) is 6.24. The third-order valence-corrected chi connectivity index (χ3v) is 6.13. The van der Waals surface area contributed by atoms with Gasteiger partial charge in [0.05, 0.1) is 18.2 Å². The molecule has 1 aliphatic rings. The van der Waals surface area contributed by atoms with Crippen molar-refractivity contribution in [3.63, 3.8) is 0 Å². The number of halogens is 1. The predicted octanol–water partition coefficient (Wildman–Crippen LogP) is 4.76. The second-order valence-corrected chi connectivity index (χ2v) is 11.0. The van der Waals surface area contributed by atoms with Crippen molar-refractivity contribution < 1.29 is 9.13 Å². The molecule has 8 heteroatoms. The minimum atomic E-state index is -0.351. The van der Waals surface area contributed by atoms with Crippen LogP contribution in [0.5, 0.6) is 0 Å². The molecule has 4 rings (SSSR count). The number of benzene rings is 1. The van der Waals surface area contributed by atoms with Crippen LogP contribution in [0.2, 0.25) is 0 Å². The molecular formula is C27H36FN5O2. The van der Waals surface area contributed by atoms with Gasteiger partial charge >= 0.3 is 0 Å². The van der Waals surface area contributed by atoms with Crippen LogP contribution in [0.4, 0.5) is 10.3 Å². The van der Waals surface area contributed by atoms with E-state index < -0.39 is 0 Å². The summed E-state index contributed by atoms with van der Waals surface area (Å²) in [5.41, 5.74) is 1.86. The molecule has 1 fully saturated rings. The van der Waals surface area contributed by atoms with E-state index in [0.717, 1.165) is 24.0 Å². The molecule has 0 aliphatic carbocycles. The molecule has 1 aliphatic heterocycles. The summed E-state index contributed by atoms with van der Waals surface area (Å²) >= 11 is 0. The second-order valence-electron chi connectivity index (χ2n) is 11.0. The molecule has 2 aromatic heterocycles. The van der Waals surface area contributed by atoms with E-state index in [-0.39, 0.29) is 35.0 Å². The van der Waals surface area contributed by atoms with Crippen LogP contribution in [0.3, 0.4) is 0 Å². The number of aromatic nitrogens is 3. The van der Waals surface area contributed by atoms with E-state index >= 15 is 4.39 Å². The summed E-state index contributed by atoms with van der Waals surface area (Å²) in [7, 11) is 0. The number of morpholine rings is 1. The highest BCUT2D eigenvalue weighted by Crippen LogP contribution is 2.24. The molecule has 1 unspecified atom stereocenters. The van der Waals surface area contributed by atoms with E-state index in [1.54, 1.807) is 29.0 Å². The minimum absolute atomic E-state index is 0.0912. The molecule has 35 heavy (non-hydrogen) atoms. The SMILES string of the molecule is CC(Nc1ncc2ccc(=O)n(CC(C)(C)C)c2n1)c1ccc(CN2C[C@@H](C)O[C@@H](C)C2)cc1F. The average Bonchev–Trinajstić information content (AvgIpc) is 2.74. The van der Waals surface area contributed by atoms with Crippen molar-refractivity contribution in [2.24, 2.45) is 5.41 Å². The van der Waals surface area contributed by atoms with Crippen LogP contribution in [0.1, 0.15) is 58.7 Å². The smallest absolute Gasteiger partial charge is 0.252 e. The van der Waals surface area contributed by atoms with E-state index in [0.29, 0.717) is 30.2 Å². The zero-order valence-corrected chi connectivity index (χ0v) is 21.5. The Labute approximate surface area is 206 Å². The number of anilines is 1. The number of hydrogen-bond acceptors (Lipinski definition) is 6. The zero-order valence-electron chi connectivity index (χ0n) is 21.5. The topological polar surface area (TPSA) is 72.3 Å². The van der Waals surface area contributed by atoms with Crippen LogP contribution in [-0.4, -0.2) is 44.7 Å². The van der Waals surface area contributed by atoms with Gasteiger partial charge in [-0.1, -0.05) is 32.9 Å². The maximum Gasteiger partial charge on any atom is 0.252 e. The van der Waals surface area contributed by atoms with Crippen molar-refractivity contribution in [3.05, 3.63) is 63.8 Å². The molecule has 1 N–H and O–H groups in total. The minimum Gasteiger partial charge on any atom is -0.373 e. The van der Waals surface area contributed by atoms with Gasteiger partial charge in [0.2, 0.25) is 5.95 Å². The lowest BCUT2D eigenvalue weighted by molar-refractivity contribution is -0.0705. The summed E-state index contributed by atoms with van der Waals surface area (Å²) in [6.07, 6.45) is 2.04. The lowest BCUT2D eigenvalue weighted by Gasteiger charge is -2.35. The molecule has 7 nitrogen and oxygen atoms in total. The molecule has 3 atom stereocenters. The maximum atomic E-state index is 15.1. The van der Waals surface area contributed by atoms with Crippen molar-refractivity contribution in [1.82, 2.24) is 19.4 Å². The quantitative estimate of drug-likeness (QED) is 0.547. The van der Waals surface area contributed by atoms with Crippen LogP contribution in [0.15, 0.2) is 41.3 Å². The fourth-order valence-electron chi connectivity index (χ4n) is 4.73. The molecule has 0 bridgehead atoms. The van der Waals surface area contributed by atoms with Crippen LogP contribution < -0.4 is 10.9 Å². The standard InChI is InChI=1S/C27H36FN5O2/c1-17-13-32(14-18(2)35-17)15-20-7-9-22(23(28)11-20)19(3)30-26-29-12-21-8-10-24(34)33(25(21)31-26)16-27(4,5)6/h7-12,17-19H,13-16H2,1-6H3,(H,29,30,31)/t17-,18+,19?. The lowest BCUT2D eigenvalue weighted by atomic mass is 9.97.